The second kappa shape index (κ2) is 4.28. The van der Waals surface area contributed by atoms with Crippen LogP contribution in [0, 0.1) is 3.57 Å². The molecule has 1 aliphatic heterocycles. The summed E-state index contributed by atoms with van der Waals surface area (Å²) in [6.45, 7) is 1.16. The molecule has 0 amide bonds. The SMILES string of the molecule is Brc1ccc(I)cc1[C@H]1CCCN1. The zero-order valence-corrected chi connectivity index (χ0v) is 10.9. The highest BCUT2D eigenvalue weighted by Crippen LogP contribution is 2.30. The van der Waals surface area contributed by atoms with Gasteiger partial charge in [-0.05, 0) is 65.7 Å². The number of nitrogens with one attached hydrogen (secondary N) is 1. The Labute approximate surface area is 101 Å². The first-order chi connectivity index (χ1) is 6.27. The first-order valence-electron chi connectivity index (χ1n) is 4.46. The minimum absolute atomic E-state index is 0.559. The maximum absolute atomic E-state index is 3.60. The number of halogens is 2. The zero-order valence-electron chi connectivity index (χ0n) is 7.19. The zero-order chi connectivity index (χ0) is 9.26. The summed E-state index contributed by atoms with van der Waals surface area (Å²) in [5.74, 6) is 0. The van der Waals surface area contributed by atoms with Crippen molar-refractivity contribution in [1.29, 1.82) is 0 Å². The number of hydrogen-bond donors (Lipinski definition) is 1. The van der Waals surface area contributed by atoms with Crippen LogP contribution in [0.15, 0.2) is 22.7 Å². The fraction of sp³-hybridized carbons (Fsp3) is 0.400. The van der Waals surface area contributed by atoms with Crippen LogP contribution in [-0.2, 0) is 0 Å². The molecule has 2 rings (SSSR count). The van der Waals surface area contributed by atoms with E-state index in [0.29, 0.717) is 6.04 Å². The molecule has 0 bridgehead atoms. The van der Waals surface area contributed by atoms with E-state index in [9.17, 15) is 0 Å². The summed E-state index contributed by atoms with van der Waals surface area (Å²) in [4.78, 5) is 0. The Kier molecular flexibility index (Phi) is 3.26. The topological polar surface area (TPSA) is 12.0 Å². The van der Waals surface area contributed by atoms with Gasteiger partial charge in [-0.25, -0.2) is 0 Å². The van der Waals surface area contributed by atoms with E-state index in [4.69, 9.17) is 0 Å². The van der Waals surface area contributed by atoms with Crippen molar-refractivity contribution in [3.8, 4) is 0 Å². The van der Waals surface area contributed by atoms with Gasteiger partial charge < -0.3 is 5.32 Å². The molecule has 0 aliphatic carbocycles. The minimum atomic E-state index is 0.559. The molecule has 1 N–H and O–H groups in total. The average molecular weight is 352 g/mol. The smallest absolute Gasteiger partial charge is 0.0332 e. The fourth-order valence-corrected chi connectivity index (χ4v) is 2.77. The van der Waals surface area contributed by atoms with E-state index in [1.165, 1.54) is 26.4 Å². The predicted octanol–water partition coefficient (Wildman–Crippen LogP) is 3.48. The Morgan fingerprint density at radius 2 is 2.31 bits per heavy atom. The van der Waals surface area contributed by atoms with Crippen LogP contribution in [0.4, 0.5) is 0 Å². The molecule has 1 saturated heterocycles. The maximum atomic E-state index is 3.60. The summed E-state index contributed by atoms with van der Waals surface area (Å²) in [6, 6.07) is 7.08. The number of hydrogen-bond acceptors (Lipinski definition) is 1. The molecule has 0 unspecified atom stereocenters. The van der Waals surface area contributed by atoms with Crippen molar-refractivity contribution in [2.75, 3.05) is 6.54 Å². The molecule has 1 atom stereocenters. The highest BCUT2D eigenvalue weighted by atomic mass is 127. The highest BCUT2D eigenvalue weighted by Gasteiger charge is 2.18. The molecule has 0 radical (unpaired) electrons. The van der Waals surface area contributed by atoms with Gasteiger partial charge in [-0.3, -0.25) is 0 Å². The number of rotatable bonds is 1. The summed E-state index contributed by atoms with van der Waals surface area (Å²) < 4.78 is 2.54. The van der Waals surface area contributed by atoms with Gasteiger partial charge in [0.15, 0.2) is 0 Å². The highest BCUT2D eigenvalue weighted by molar-refractivity contribution is 14.1. The van der Waals surface area contributed by atoms with Gasteiger partial charge in [-0.2, -0.15) is 0 Å². The predicted molar refractivity (Wildman–Crippen MR) is 66.8 cm³/mol. The lowest BCUT2D eigenvalue weighted by Gasteiger charge is -2.12. The third-order valence-corrected chi connectivity index (χ3v) is 3.79. The van der Waals surface area contributed by atoms with Crippen molar-refractivity contribution in [2.24, 2.45) is 0 Å². The Hall–Kier alpha value is 0.390. The van der Waals surface area contributed by atoms with E-state index in [1.54, 1.807) is 0 Å². The van der Waals surface area contributed by atoms with Gasteiger partial charge in [0.2, 0.25) is 0 Å². The summed E-state index contributed by atoms with van der Waals surface area (Å²) in [6.07, 6.45) is 2.56. The van der Waals surface area contributed by atoms with Crippen LogP contribution < -0.4 is 5.32 Å². The Morgan fingerprint density at radius 1 is 1.46 bits per heavy atom. The molecule has 0 saturated carbocycles. The second-order valence-corrected chi connectivity index (χ2v) is 5.41. The maximum Gasteiger partial charge on any atom is 0.0332 e. The van der Waals surface area contributed by atoms with Gasteiger partial charge in [0.1, 0.15) is 0 Å². The molecule has 13 heavy (non-hydrogen) atoms. The molecule has 1 aromatic carbocycles. The first-order valence-corrected chi connectivity index (χ1v) is 6.33. The van der Waals surface area contributed by atoms with Crippen molar-refractivity contribution >= 4 is 38.5 Å². The van der Waals surface area contributed by atoms with E-state index in [0.717, 1.165) is 6.54 Å². The largest absolute Gasteiger partial charge is 0.310 e. The average Bonchev–Trinajstić information content (AvgIpc) is 2.61. The van der Waals surface area contributed by atoms with Crippen LogP contribution >= 0.6 is 38.5 Å². The Morgan fingerprint density at radius 3 is 3.00 bits per heavy atom. The van der Waals surface area contributed by atoms with Gasteiger partial charge >= 0.3 is 0 Å². The van der Waals surface area contributed by atoms with E-state index < -0.39 is 0 Å². The molecule has 3 heteroatoms. The molecule has 1 fully saturated rings. The molecule has 0 spiro atoms. The first kappa shape index (κ1) is 9.93. The Bertz CT molecular complexity index is 308. The standard InChI is InChI=1S/C10H11BrIN/c11-9-4-3-7(12)6-8(9)10-2-1-5-13-10/h3-4,6,10,13H,1-2,5H2/t10-/m1/s1. The molecule has 1 aromatic rings. The monoisotopic (exact) mass is 351 g/mol. The summed E-state index contributed by atoms with van der Waals surface area (Å²) >= 11 is 5.96. The van der Waals surface area contributed by atoms with Gasteiger partial charge in [0, 0.05) is 14.1 Å². The lowest BCUT2D eigenvalue weighted by Crippen LogP contribution is -2.13. The third kappa shape index (κ3) is 2.25. The van der Waals surface area contributed by atoms with Crippen molar-refractivity contribution in [3.05, 3.63) is 31.8 Å². The molecule has 70 valence electrons. The van der Waals surface area contributed by atoms with E-state index >= 15 is 0 Å². The van der Waals surface area contributed by atoms with Crippen LogP contribution in [0.2, 0.25) is 0 Å². The lowest BCUT2D eigenvalue weighted by molar-refractivity contribution is 0.644. The van der Waals surface area contributed by atoms with Gasteiger partial charge in [-0.1, -0.05) is 15.9 Å². The van der Waals surface area contributed by atoms with E-state index in [1.807, 2.05) is 0 Å². The third-order valence-electron chi connectivity index (χ3n) is 2.39. The van der Waals surface area contributed by atoms with Crippen LogP contribution in [-0.4, -0.2) is 6.54 Å². The van der Waals surface area contributed by atoms with Crippen LogP contribution in [0.3, 0.4) is 0 Å². The second-order valence-electron chi connectivity index (χ2n) is 3.31. The van der Waals surface area contributed by atoms with Crippen molar-refractivity contribution in [2.45, 2.75) is 18.9 Å². The molecule has 0 aromatic heterocycles. The van der Waals surface area contributed by atoms with Crippen LogP contribution in [0.1, 0.15) is 24.4 Å². The van der Waals surface area contributed by atoms with Crippen molar-refractivity contribution in [3.63, 3.8) is 0 Å². The minimum Gasteiger partial charge on any atom is -0.310 e. The van der Waals surface area contributed by atoms with Crippen molar-refractivity contribution < 1.29 is 0 Å². The molecule has 1 heterocycles. The quantitative estimate of drug-likeness (QED) is 0.764. The molecular weight excluding hydrogens is 341 g/mol. The number of benzene rings is 1. The Balaban J connectivity index is 2.32. The summed E-state index contributed by atoms with van der Waals surface area (Å²) in [5, 5.41) is 3.51. The fourth-order valence-electron chi connectivity index (χ4n) is 1.73. The van der Waals surface area contributed by atoms with Gasteiger partial charge in [-0.15, -0.1) is 0 Å². The molecule has 1 aliphatic rings. The normalized spacial score (nSPS) is 22.2. The summed E-state index contributed by atoms with van der Waals surface area (Å²) in [7, 11) is 0. The van der Waals surface area contributed by atoms with E-state index in [-0.39, 0.29) is 0 Å². The molecular formula is C10H11BrIN. The van der Waals surface area contributed by atoms with Crippen molar-refractivity contribution in [1.82, 2.24) is 5.32 Å². The summed E-state index contributed by atoms with van der Waals surface area (Å²) in [5.41, 5.74) is 1.41. The van der Waals surface area contributed by atoms with Gasteiger partial charge in [0.25, 0.3) is 0 Å². The van der Waals surface area contributed by atoms with Crippen LogP contribution in [0.25, 0.3) is 0 Å². The lowest BCUT2D eigenvalue weighted by atomic mass is 10.1. The molecule has 1 nitrogen and oxygen atoms in total. The van der Waals surface area contributed by atoms with E-state index in [2.05, 4.69) is 62.0 Å². The van der Waals surface area contributed by atoms with Crippen LogP contribution in [0.5, 0.6) is 0 Å². The van der Waals surface area contributed by atoms with Gasteiger partial charge in [0.05, 0.1) is 0 Å².